The van der Waals surface area contributed by atoms with Crippen molar-refractivity contribution >= 4 is 22.9 Å². The van der Waals surface area contributed by atoms with E-state index < -0.39 is 0 Å². The van der Waals surface area contributed by atoms with Crippen LogP contribution in [-0.2, 0) is 13.1 Å². The van der Waals surface area contributed by atoms with Gasteiger partial charge >= 0.3 is 0 Å². The lowest BCUT2D eigenvalue weighted by Crippen LogP contribution is -2.12. The molecule has 1 aromatic heterocycles. The molecule has 1 N–H and O–H groups in total. The normalized spacial score (nSPS) is 10.6. The standard InChI is InChI=1S/C13H14ClNS/c1-10-6-13(14)3-2-12(10)8-15-7-11-4-5-16-9-11/h2-6,9,15H,7-8H2,1H3. The summed E-state index contributed by atoms with van der Waals surface area (Å²) in [6, 6.07) is 8.17. The minimum absolute atomic E-state index is 0.805. The van der Waals surface area contributed by atoms with Gasteiger partial charge in [0.05, 0.1) is 0 Å². The molecular weight excluding hydrogens is 238 g/mol. The van der Waals surface area contributed by atoms with Gasteiger partial charge in [0.1, 0.15) is 0 Å². The van der Waals surface area contributed by atoms with Crippen LogP contribution >= 0.6 is 22.9 Å². The van der Waals surface area contributed by atoms with Crippen LogP contribution in [0.25, 0.3) is 0 Å². The largest absolute Gasteiger partial charge is 0.309 e. The average molecular weight is 252 g/mol. The zero-order valence-corrected chi connectivity index (χ0v) is 10.7. The van der Waals surface area contributed by atoms with E-state index in [4.69, 9.17) is 11.6 Å². The Kier molecular flexibility index (Phi) is 3.99. The number of benzene rings is 1. The second-order valence-corrected chi connectivity index (χ2v) is 5.02. The van der Waals surface area contributed by atoms with Crippen LogP contribution in [0.4, 0.5) is 0 Å². The van der Waals surface area contributed by atoms with Crippen molar-refractivity contribution in [3.8, 4) is 0 Å². The predicted octanol–water partition coefficient (Wildman–Crippen LogP) is 4.00. The van der Waals surface area contributed by atoms with Crippen molar-refractivity contribution in [1.29, 1.82) is 0 Å². The molecular formula is C13H14ClNS. The first-order valence-corrected chi connectivity index (χ1v) is 6.54. The number of rotatable bonds is 4. The summed E-state index contributed by atoms with van der Waals surface area (Å²) in [5.74, 6) is 0. The number of aryl methyl sites for hydroxylation is 1. The Balaban J connectivity index is 1.90. The molecule has 16 heavy (non-hydrogen) atoms. The van der Waals surface area contributed by atoms with E-state index in [-0.39, 0.29) is 0 Å². The van der Waals surface area contributed by atoms with Crippen LogP contribution in [0.15, 0.2) is 35.0 Å². The van der Waals surface area contributed by atoms with Crippen molar-refractivity contribution in [2.45, 2.75) is 20.0 Å². The predicted molar refractivity (Wildman–Crippen MR) is 71.1 cm³/mol. The van der Waals surface area contributed by atoms with Crippen molar-refractivity contribution in [1.82, 2.24) is 5.32 Å². The molecule has 0 amide bonds. The second kappa shape index (κ2) is 5.48. The molecule has 0 aliphatic heterocycles. The Bertz CT molecular complexity index is 451. The minimum Gasteiger partial charge on any atom is -0.309 e. The molecule has 1 nitrogen and oxygen atoms in total. The van der Waals surface area contributed by atoms with Gasteiger partial charge in [-0.05, 0) is 52.6 Å². The summed E-state index contributed by atoms with van der Waals surface area (Å²) in [5.41, 5.74) is 3.89. The van der Waals surface area contributed by atoms with Crippen LogP contribution in [0.2, 0.25) is 5.02 Å². The van der Waals surface area contributed by atoms with E-state index in [1.807, 2.05) is 12.1 Å². The van der Waals surface area contributed by atoms with Crippen LogP contribution in [-0.4, -0.2) is 0 Å². The lowest BCUT2D eigenvalue weighted by atomic mass is 10.1. The summed E-state index contributed by atoms with van der Waals surface area (Å²) >= 11 is 7.65. The summed E-state index contributed by atoms with van der Waals surface area (Å²) in [6.07, 6.45) is 0. The molecule has 0 radical (unpaired) electrons. The second-order valence-electron chi connectivity index (χ2n) is 3.81. The SMILES string of the molecule is Cc1cc(Cl)ccc1CNCc1ccsc1. The van der Waals surface area contributed by atoms with Crippen molar-refractivity contribution in [3.05, 3.63) is 56.7 Å². The first-order chi connectivity index (χ1) is 7.75. The zero-order chi connectivity index (χ0) is 11.4. The highest BCUT2D eigenvalue weighted by Gasteiger charge is 1.99. The Morgan fingerprint density at radius 1 is 1.25 bits per heavy atom. The Labute approximate surface area is 105 Å². The Morgan fingerprint density at radius 3 is 2.81 bits per heavy atom. The first kappa shape index (κ1) is 11.6. The number of halogens is 1. The smallest absolute Gasteiger partial charge is 0.0408 e. The maximum absolute atomic E-state index is 5.91. The number of thiophene rings is 1. The highest BCUT2D eigenvalue weighted by molar-refractivity contribution is 7.07. The summed E-state index contributed by atoms with van der Waals surface area (Å²) < 4.78 is 0. The third kappa shape index (κ3) is 3.08. The van der Waals surface area contributed by atoms with Gasteiger partial charge in [0.2, 0.25) is 0 Å². The van der Waals surface area contributed by atoms with Gasteiger partial charge in [-0.3, -0.25) is 0 Å². The van der Waals surface area contributed by atoms with Crippen molar-refractivity contribution in [3.63, 3.8) is 0 Å². The molecule has 3 heteroatoms. The molecule has 0 saturated heterocycles. The van der Waals surface area contributed by atoms with E-state index in [0.29, 0.717) is 0 Å². The number of hydrogen-bond acceptors (Lipinski definition) is 2. The highest BCUT2D eigenvalue weighted by atomic mass is 35.5. The summed E-state index contributed by atoms with van der Waals surface area (Å²) in [7, 11) is 0. The van der Waals surface area contributed by atoms with Gasteiger partial charge in [-0.15, -0.1) is 0 Å². The van der Waals surface area contributed by atoms with Crippen LogP contribution in [0.3, 0.4) is 0 Å². The highest BCUT2D eigenvalue weighted by Crippen LogP contribution is 2.15. The van der Waals surface area contributed by atoms with E-state index in [1.165, 1.54) is 16.7 Å². The summed E-state index contributed by atoms with van der Waals surface area (Å²) in [6.45, 7) is 3.90. The third-order valence-electron chi connectivity index (χ3n) is 2.53. The molecule has 0 spiro atoms. The lowest BCUT2D eigenvalue weighted by molar-refractivity contribution is 0.692. The van der Waals surface area contributed by atoms with Crippen molar-refractivity contribution in [2.24, 2.45) is 0 Å². The van der Waals surface area contributed by atoms with Gasteiger partial charge in [0, 0.05) is 18.1 Å². The molecule has 0 fully saturated rings. The molecule has 0 atom stereocenters. The van der Waals surface area contributed by atoms with E-state index in [1.54, 1.807) is 11.3 Å². The van der Waals surface area contributed by atoms with E-state index in [0.717, 1.165) is 18.1 Å². The Hall–Kier alpha value is -0.830. The molecule has 0 saturated carbocycles. The molecule has 0 aliphatic carbocycles. The lowest BCUT2D eigenvalue weighted by Gasteiger charge is -2.07. The molecule has 1 heterocycles. The van der Waals surface area contributed by atoms with Crippen molar-refractivity contribution < 1.29 is 0 Å². The van der Waals surface area contributed by atoms with E-state index >= 15 is 0 Å². The van der Waals surface area contributed by atoms with Gasteiger partial charge in [0.25, 0.3) is 0 Å². The average Bonchev–Trinajstić information content (AvgIpc) is 2.74. The number of nitrogens with one attached hydrogen (secondary N) is 1. The summed E-state index contributed by atoms with van der Waals surface area (Å²) in [5, 5.41) is 8.50. The van der Waals surface area contributed by atoms with Gasteiger partial charge in [-0.2, -0.15) is 11.3 Å². The molecule has 1 aromatic carbocycles. The van der Waals surface area contributed by atoms with Crippen LogP contribution in [0.5, 0.6) is 0 Å². The quantitative estimate of drug-likeness (QED) is 0.866. The molecule has 0 aliphatic rings. The zero-order valence-electron chi connectivity index (χ0n) is 9.16. The van der Waals surface area contributed by atoms with Crippen molar-refractivity contribution in [2.75, 3.05) is 0 Å². The number of hydrogen-bond donors (Lipinski definition) is 1. The fourth-order valence-electron chi connectivity index (χ4n) is 1.59. The maximum atomic E-state index is 5.91. The monoisotopic (exact) mass is 251 g/mol. The molecule has 0 bridgehead atoms. The van der Waals surface area contributed by atoms with Gasteiger partial charge in [-0.1, -0.05) is 17.7 Å². The van der Waals surface area contributed by atoms with Gasteiger partial charge < -0.3 is 5.32 Å². The van der Waals surface area contributed by atoms with Crippen LogP contribution < -0.4 is 5.32 Å². The van der Waals surface area contributed by atoms with Crippen LogP contribution in [0, 0.1) is 6.92 Å². The topological polar surface area (TPSA) is 12.0 Å². The fourth-order valence-corrected chi connectivity index (χ4v) is 2.49. The van der Waals surface area contributed by atoms with E-state index in [9.17, 15) is 0 Å². The third-order valence-corrected chi connectivity index (χ3v) is 3.50. The first-order valence-electron chi connectivity index (χ1n) is 5.22. The molecule has 2 aromatic rings. The molecule has 2 rings (SSSR count). The minimum atomic E-state index is 0.805. The Morgan fingerprint density at radius 2 is 2.12 bits per heavy atom. The van der Waals surface area contributed by atoms with Gasteiger partial charge in [0.15, 0.2) is 0 Å². The molecule has 84 valence electrons. The van der Waals surface area contributed by atoms with Gasteiger partial charge in [-0.25, -0.2) is 0 Å². The van der Waals surface area contributed by atoms with Crippen LogP contribution in [0.1, 0.15) is 16.7 Å². The fraction of sp³-hybridized carbons (Fsp3) is 0.231. The summed E-state index contributed by atoms with van der Waals surface area (Å²) in [4.78, 5) is 0. The molecule has 0 unspecified atom stereocenters. The maximum Gasteiger partial charge on any atom is 0.0408 e. The van der Waals surface area contributed by atoms with E-state index in [2.05, 4.69) is 35.1 Å².